The molecule has 0 spiro atoms. The van der Waals surface area contributed by atoms with Gasteiger partial charge in [0, 0.05) is 42.4 Å². The van der Waals surface area contributed by atoms with Crippen LogP contribution in [0.3, 0.4) is 0 Å². The number of nitrogens with one attached hydrogen (secondary N) is 2. The normalized spacial score (nSPS) is 18.6. The van der Waals surface area contributed by atoms with E-state index < -0.39 is 0 Å². The number of carbonyl (C=O) groups is 2. The zero-order valence-electron chi connectivity index (χ0n) is 12.7. The van der Waals surface area contributed by atoms with Gasteiger partial charge >= 0.3 is 0 Å². The SMILES string of the molecule is O=C(CN1Cc2ccc(C3C=NNC3)cc2C1=O)Nc1nccs1. The third kappa shape index (κ3) is 2.76. The van der Waals surface area contributed by atoms with Crippen LogP contribution in [0.5, 0.6) is 0 Å². The van der Waals surface area contributed by atoms with Crippen LogP contribution in [0.1, 0.15) is 27.4 Å². The number of fused-ring (bicyclic) bond motifs is 1. The summed E-state index contributed by atoms with van der Waals surface area (Å²) in [5.41, 5.74) is 5.61. The molecule has 122 valence electrons. The lowest BCUT2D eigenvalue weighted by atomic mass is 9.97. The lowest BCUT2D eigenvalue weighted by Crippen LogP contribution is -2.33. The predicted octanol–water partition coefficient (Wildman–Crippen LogP) is 1.41. The van der Waals surface area contributed by atoms with Crippen LogP contribution in [0.25, 0.3) is 0 Å². The van der Waals surface area contributed by atoms with Gasteiger partial charge in [0.15, 0.2) is 5.13 Å². The van der Waals surface area contributed by atoms with Crippen molar-refractivity contribution in [1.29, 1.82) is 0 Å². The molecule has 0 bridgehead atoms. The Balaban J connectivity index is 1.46. The molecule has 24 heavy (non-hydrogen) atoms. The van der Waals surface area contributed by atoms with Gasteiger partial charge in [-0.25, -0.2) is 4.98 Å². The number of amides is 2. The van der Waals surface area contributed by atoms with Crippen LogP contribution in [-0.2, 0) is 11.3 Å². The minimum absolute atomic E-state index is 0.0227. The highest BCUT2D eigenvalue weighted by atomic mass is 32.1. The van der Waals surface area contributed by atoms with E-state index in [0.717, 1.165) is 17.7 Å². The maximum absolute atomic E-state index is 12.6. The Hall–Kier alpha value is -2.74. The van der Waals surface area contributed by atoms with Crippen LogP contribution in [-0.4, -0.2) is 41.0 Å². The maximum atomic E-state index is 12.6. The van der Waals surface area contributed by atoms with Crippen LogP contribution in [0.15, 0.2) is 34.9 Å². The van der Waals surface area contributed by atoms with E-state index in [2.05, 4.69) is 20.8 Å². The molecule has 1 aromatic carbocycles. The topological polar surface area (TPSA) is 86.7 Å². The van der Waals surface area contributed by atoms with Gasteiger partial charge in [0.1, 0.15) is 6.54 Å². The highest BCUT2D eigenvalue weighted by Gasteiger charge is 2.30. The molecule has 8 heteroatoms. The van der Waals surface area contributed by atoms with Gasteiger partial charge in [-0.15, -0.1) is 11.3 Å². The number of hydrazone groups is 1. The number of hydrogen-bond donors (Lipinski definition) is 2. The quantitative estimate of drug-likeness (QED) is 0.880. The Kier molecular flexibility index (Phi) is 3.73. The van der Waals surface area contributed by atoms with Crippen molar-refractivity contribution in [3.8, 4) is 0 Å². The summed E-state index contributed by atoms with van der Waals surface area (Å²) < 4.78 is 0. The molecular weight excluding hydrogens is 326 g/mol. The molecule has 1 aromatic heterocycles. The fourth-order valence-electron chi connectivity index (χ4n) is 2.90. The number of aromatic nitrogens is 1. The van der Waals surface area contributed by atoms with Crippen LogP contribution in [0, 0.1) is 0 Å². The van der Waals surface area contributed by atoms with Gasteiger partial charge in [-0.1, -0.05) is 12.1 Å². The van der Waals surface area contributed by atoms with Crippen LogP contribution in [0.4, 0.5) is 5.13 Å². The number of carbonyl (C=O) groups excluding carboxylic acids is 2. The second kappa shape index (κ2) is 6.04. The molecule has 1 atom stereocenters. The van der Waals surface area contributed by atoms with Crippen molar-refractivity contribution in [2.45, 2.75) is 12.5 Å². The van der Waals surface area contributed by atoms with Gasteiger partial charge in [-0.3, -0.25) is 9.59 Å². The van der Waals surface area contributed by atoms with Gasteiger partial charge in [-0.2, -0.15) is 5.10 Å². The number of hydrogen-bond acceptors (Lipinski definition) is 6. The molecule has 0 fully saturated rings. The average molecular weight is 341 g/mol. The molecule has 7 nitrogen and oxygen atoms in total. The third-order valence-corrected chi connectivity index (χ3v) is 4.80. The monoisotopic (exact) mass is 341 g/mol. The largest absolute Gasteiger partial charge is 0.325 e. The Morgan fingerprint density at radius 3 is 3.12 bits per heavy atom. The van der Waals surface area contributed by atoms with E-state index in [1.807, 2.05) is 24.4 Å². The highest BCUT2D eigenvalue weighted by Crippen LogP contribution is 2.27. The van der Waals surface area contributed by atoms with Crippen molar-refractivity contribution in [2.75, 3.05) is 18.4 Å². The summed E-state index contributed by atoms with van der Waals surface area (Å²) in [6.45, 7) is 1.22. The molecule has 0 aliphatic carbocycles. The summed E-state index contributed by atoms with van der Waals surface area (Å²) in [4.78, 5) is 30.2. The van der Waals surface area contributed by atoms with Gasteiger partial charge in [-0.05, 0) is 17.2 Å². The van der Waals surface area contributed by atoms with Crippen molar-refractivity contribution >= 4 is 34.5 Å². The van der Waals surface area contributed by atoms with Crippen LogP contribution >= 0.6 is 11.3 Å². The molecule has 1 unspecified atom stereocenters. The Morgan fingerprint density at radius 1 is 1.46 bits per heavy atom. The van der Waals surface area contributed by atoms with Crippen molar-refractivity contribution < 1.29 is 9.59 Å². The molecule has 0 radical (unpaired) electrons. The van der Waals surface area contributed by atoms with Crippen LogP contribution < -0.4 is 10.7 Å². The number of benzene rings is 1. The zero-order valence-corrected chi connectivity index (χ0v) is 13.5. The van der Waals surface area contributed by atoms with Gasteiger partial charge in [0.25, 0.3) is 5.91 Å². The first kappa shape index (κ1) is 14.8. The van der Waals surface area contributed by atoms with E-state index in [0.29, 0.717) is 17.2 Å². The molecule has 0 saturated carbocycles. The lowest BCUT2D eigenvalue weighted by molar-refractivity contribution is -0.116. The Morgan fingerprint density at radius 2 is 2.38 bits per heavy atom. The summed E-state index contributed by atoms with van der Waals surface area (Å²) in [5, 5.41) is 9.04. The highest BCUT2D eigenvalue weighted by molar-refractivity contribution is 7.13. The molecule has 2 aliphatic heterocycles. The second-order valence-corrected chi connectivity index (χ2v) is 6.60. The molecule has 3 heterocycles. The number of thiazole rings is 1. The molecular formula is C16H15N5O2S. The Bertz CT molecular complexity index is 818. The van der Waals surface area contributed by atoms with Crippen molar-refractivity contribution in [3.63, 3.8) is 0 Å². The first-order chi connectivity index (χ1) is 11.7. The summed E-state index contributed by atoms with van der Waals surface area (Å²) in [7, 11) is 0. The van der Waals surface area contributed by atoms with E-state index in [-0.39, 0.29) is 24.3 Å². The first-order valence-electron chi connectivity index (χ1n) is 7.58. The summed E-state index contributed by atoms with van der Waals surface area (Å²) in [6.07, 6.45) is 3.47. The fraction of sp³-hybridized carbons (Fsp3) is 0.250. The fourth-order valence-corrected chi connectivity index (χ4v) is 3.45. The lowest BCUT2D eigenvalue weighted by Gasteiger charge is -2.14. The molecule has 2 aromatic rings. The standard InChI is InChI=1S/C16H15N5O2S/c22-14(20-16-17-3-4-24-16)9-21-8-11-2-1-10(5-13(11)15(21)23)12-6-18-19-7-12/h1-6,12,19H,7-9H2,(H,17,20,22). The Labute approximate surface area is 142 Å². The summed E-state index contributed by atoms with van der Waals surface area (Å²) in [6, 6.07) is 5.91. The zero-order chi connectivity index (χ0) is 16.5. The molecule has 2 aliphatic rings. The van der Waals surface area contributed by atoms with Crippen molar-refractivity contribution in [2.24, 2.45) is 5.10 Å². The molecule has 2 amide bonds. The van der Waals surface area contributed by atoms with Crippen LogP contribution in [0.2, 0.25) is 0 Å². The van der Waals surface area contributed by atoms with Gasteiger partial charge in [0.2, 0.25) is 5.91 Å². The summed E-state index contributed by atoms with van der Waals surface area (Å²) >= 11 is 1.35. The van der Waals surface area contributed by atoms with E-state index in [4.69, 9.17) is 0 Å². The van der Waals surface area contributed by atoms with E-state index >= 15 is 0 Å². The average Bonchev–Trinajstić information content (AvgIpc) is 3.31. The van der Waals surface area contributed by atoms with Crippen molar-refractivity contribution in [3.05, 3.63) is 46.5 Å². The van der Waals surface area contributed by atoms with E-state index in [1.165, 1.54) is 11.3 Å². The molecule has 0 saturated heterocycles. The van der Waals surface area contributed by atoms with Crippen molar-refractivity contribution in [1.82, 2.24) is 15.3 Å². The smallest absolute Gasteiger partial charge is 0.254 e. The first-order valence-corrected chi connectivity index (χ1v) is 8.46. The number of nitrogens with zero attached hydrogens (tertiary/aromatic N) is 3. The minimum atomic E-state index is -0.238. The predicted molar refractivity (Wildman–Crippen MR) is 91.2 cm³/mol. The van der Waals surface area contributed by atoms with E-state index in [9.17, 15) is 9.59 Å². The third-order valence-electron chi connectivity index (χ3n) is 4.11. The minimum Gasteiger partial charge on any atom is -0.325 e. The number of anilines is 1. The van der Waals surface area contributed by atoms with Gasteiger partial charge < -0.3 is 15.6 Å². The number of rotatable bonds is 4. The van der Waals surface area contributed by atoms with Gasteiger partial charge in [0.05, 0.1) is 0 Å². The maximum Gasteiger partial charge on any atom is 0.254 e. The second-order valence-electron chi connectivity index (χ2n) is 5.71. The molecule has 4 rings (SSSR count). The summed E-state index contributed by atoms with van der Waals surface area (Å²) in [5.74, 6) is -0.159. The van der Waals surface area contributed by atoms with E-state index in [1.54, 1.807) is 16.5 Å². The molecule has 2 N–H and O–H groups in total.